The third-order valence-electron chi connectivity index (χ3n) is 10.9. The molecule has 1 spiro atoms. The zero-order valence-corrected chi connectivity index (χ0v) is 32.4. The van der Waals surface area contributed by atoms with E-state index in [9.17, 15) is 19.2 Å². The summed E-state index contributed by atoms with van der Waals surface area (Å²) in [5.74, 6) is 1.15. The van der Waals surface area contributed by atoms with Gasteiger partial charge in [-0.25, -0.2) is 9.78 Å². The fourth-order valence-corrected chi connectivity index (χ4v) is 7.88. The number of ether oxygens (including phenoxy) is 1. The maximum atomic E-state index is 13.1. The molecule has 0 radical (unpaired) electrons. The maximum Gasteiger partial charge on any atom is 0.413 e. The Morgan fingerprint density at radius 1 is 1.02 bits per heavy atom. The number of rotatable bonds is 9. The number of amides is 3. The number of aryl methyl sites for hydroxylation is 1. The molecule has 12 nitrogen and oxygen atoms in total. The predicted molar refractivity (Wildman–Crippen MR) is 204 cm³/mol. The number of nitrogens with zero attached hydrogens (tertiary/aromatic N) is 4. The van der Waals surface area contributed by atoms with Gasteiger partial charge in [-0.1, -0.05) is 39.7 Å². The van der Waals surface area contributed by atoms with Gasteiger partial charge in [0.2, 0.25) is 11.8 Å². The molecule has 3 N–H and O–H groups in total. The number of aromatic nitrogens is 3. The van der Waals surface area contributed by atoms with Crippen molar-refractivity contribution in [2.24, 2.45) is 11.3 Å². The number of carbonyl (C=O) groups excluding carboxylic acids is 4. The van der Waals surface area contributed by atoms with Crippen LogP contribution in [0.4, 0.5) is 10.6 Å². The van der Waals surface area contributed by atoms with Crippen molar-refractivity contribution >= 4 is 40.4 Å². The van der Waals surface area contributed by atoms with E-state index in [0.29, 0.717) is 43.1 Å². The molecule has 2 atom stereocenters. The third kappa shape index (κ3) is 9.76. The summed E-state index contributed by atoms with van der Waals surface area (Å²) in [7, 11) is 1.77. The Morgan fingerprint density at radius 3 is 2.29 bits per heavy atom. The van der Waals surface area contributed by atoms with Crippen LogP contribution in [0.1, 0.15) is 103 Å². The molecule has 0 bridgehead atoms. The van der Waals surface area contributed by atoms with Crippen LogP contribution in [-0.2, 0) is 31.1 Å². The summed E-state index contributed by atoms with van der Waals surface area (Å²) in [4.78, 5) is 54.5. The maximum absolute atomic E-state index is 13.1. The lowest BCUT2D eigenvalue weighted by Gasteiger charge is -2.43. The van der Waals surface area contributed by atoms with Crippen LogP contribution in [0.25, 0.3) is 10.9 Å². The summed E-state index contributed by atoms with van der Waals surface area (Å²) in [6, 6.07) is 8.12. The van der Waals surface area contributed by atoms with Crippen LogP contribution in [0, 0.1) is 18.3 Å². The number of carbonyl (C=O) groups is 4. The monoisotopic (exact) mass is 717 g/mol. The van der Waals surface area contributed by atoms with E-state index in [0.717, 1.165) is 36.0 Å². The van der Waals surface area contributed by atoms with Crippen LogP contribution in [0.5, 0.6) is 0 Å². The molecule has 2 aromatic heterocycles. The Kier molecular flexibility index (Phi) is 14.0. The molecule has 52 heavy (non-hydrogen) atoms. The second-order valence-corrected chi connectivity index (χ2v) is 14.9. The molecule has 3 aliphatic heterocycles. The fraction of sp³-hybridized carbons (Fsp3) is 0.600. The van der Waals surface area contributed by atoms with E-state index < -0.39 is 11.7 Å². The van der Waals surface area contributed by atoms with Crippen LogP contribution >= 0.6 is 0 Å². The molecule has 0 aliphatic carbocycles. The molecule has 2 saturated heterocycles. The number of pyridine rings is 1. The molecule has 2 fully saturated rings. The number of anilines is 1. The van der Waals surface area contributed by atoms with Crippen molar-refractivity contribution in [3.8, 4) is 0 Å². The van der Waals surface area contributed by atoms with Gasteiger partial charge in [-0.05, 0) is 88.2 Å². The lowest BCUT2D eigenvalue weighted by atomic mass is 9.78. The minimum absolute atomic E-state index is 0.0139. The van der Waals surface area contributed by atoms with Gasteiger partial charge >= 0.3 is 6.09 Å². The Bertz CT molecular complexity index is 1690. The molecule has 5 heterocycles. The van der Waals surface area contributed by atoms with Crippen LogP contribution in [0.15, 0.2) is 36.7 Å². The summed E-state index contributed by atoms with van der Waals surface area (Å²) >= 11 is 0. The van der Waals surface area contributed by atoms with Crippen molar-refractivity contribution in [2.75, 3.05) is 38.5 Å². The molecule has 6 rings (SSSR count). The van der Waals surface area contributed by atoms with E-state index in [1.54, 1.807) is 32.0 Å². The van der Waals surface area contributed by atoms with E-state index in [-0.39, 0.29) is 23.7 Å². The molecule has 0 saturated carbocycles. The number of hydrogen-bond acceptors (Lipinski definition) is 8. The van der Waals surface area contributed by atoms with E-state index in [1.165, 1.54) is 43.2 Å². The Labute approximate surface area is 308 Å². The normalized spacial score (nSPS) is 18.2. The third-order valence-corrected chi connectivity index (χ3v) is 10.9. The highest BCUT2D eigenvalue weighted by Gasteiger charge is 2.45. The Morgan fingerprint density at radius 2 is 1.69 bits per heavy atom. The first-order chi connectivity index (χ1) is 24.8. The first-order valence-electron chi connectivity index (χ1n) is 18.9. The zero-order valence-electron chi connectivity index (χ0n) is 32.4. The van der Waals surface area contributed by atoms with E-state index >= 15 is 0 Å². The molecular weight excluding hydrogens is 658 g/mol. The minimum Gasteiger partial charge on any atom is -0.437 e. The summed E-state index contributed by atoms with van der Waals surface area (Å²) < 4.78 is 5.54. The summed E-state index contributed by atoms with van der Waals surface area (Å²) in [6.07, 6.45) is 11.1. The average molecular weight is 718 g/mol. The number of hydrogen-bond donors (Lipinski definition) is 3. The highest BCUT2D eigenvalue weighted by molar-refractivity contribution is 5.87. The van der Waals surface area contributed by atoms with Crippen LogP contribution in [-0.4, -0.2) is 87.9 Å². The van der Waals surface area contributed by atoms with Crippen LogP contribution in [0.2, 0.25) is 0 Å². The van der Waals surface area contributed by atoms with Crippen molar-refractivity contribution in [1.29, 1.82) is 0 Å². The van der Waals surface area contributed by atoms with Crippen molar-refractivity contribution < 1.29 is 23.9 Å². The van der Waals surface area contributed by atoms with Crippen LogP contribution < -0.4 is 10.6 Å². The van der Waals surface area contributed by atoms with Crippen molar-refractivity contribution in [2.45, 2.75) is 111 Å². The molecule has 3 aromatic rings. The van der Waals surface area contributed by atoms with Gasteiger partial charge in [-0.2, -0.15) is 5.10 Å². The van der Waals surface area contributed by atoms with Gasteiger partial charge < -0.3 is 19.9 Å². The van der Waals surface area contributed by atoms with Crippen molar-refractivity contribution in [3.63, 3.8) is 0 Å². The van der Waals surface area contributed by atoms with E-state index in [2.05, 4.69) is 70.5 Å². The number of benzene rings is 1. The lowest BCUT2D eigenvalue weighted by Crippen LogP contribution is -2.49. The second-order valence-electron chi connectivity index (χ2n) is 14.9. The van der Waals surface area contributed by atoms with Gasteiger partial charge in [0, 0.05) is 69.0 Å². The number of H-pyrrole nitrogens is 1. The summed E-state index contributed by atoms with van der Waals surface area (Å²) in [6.45, 7) is 16.7. The topological polar surface area (TPSA) is 150 Å². The number of likely N-dealkylation sites (N-methyl/N-ethyl adjacent to an activating group) is 1. The average Bonchev–Trinajstić information content (AvgIpc) is 3.76. The fourth-order valence-electron chi connectivity index (χ4n) is 7.88. The Balaban J connectivity index is 0.000000203. The van der Waals surface area contributed by atoms with Gasteiger partial charge in [-0.3, -0.25) is 24.8 Å². The largest absolute Gasteiger partial charge is 0.437 e. The number of aromatic amines is 1. The second kappa shape index (κ2) is 17.9. The highest BCUT2D eigenvalue weighted by atomic mass is 16.6. The molecule has 284 valence electrons. The van der Waals surface area contributed by atoms with Crippen LogP contribution in [0.3, 0.4) is 0 Å². The number of piperidine rings is 1. The molecule has 1 unspecified atom stereocenters. The van der Waals surface area contributed by atoms with Gasteiger partial charge in [-0.15, -0.1) is 0 Å². The van der Waals surface area contributed by atoms with Crippen molar-refractivity contribution in [1.82, 2.24) is 30.3 Å². The smallest absolute Gasteiger partial charge is 0.413 e. The van der Waals surface area contributed by atoms with Gasteiger partial charge in [0.15, 0.2) is 0 Å². The number of ketones is 1. The summed E-state index contributed by atoms with van der Waals surface area (Å²) in [5, 5.41) is 13.7. The number of fused-ring (bicyclic) bond motifs is 3. The molecule has 3 amide bonds. The summed E-state index contributed by atoms with van der Waals surface area (Å²) in [5.41, 5.74) is 4.14. The quantitative estimate of drug-likeness (QED) is 0.226. The number of likely N-dealkylation sites (tertiary alicyclic amines) is 2. The lowest BCUT2D eigenvalue weighted by molar-refractivity contribution is -0.134. The van der Waals surface area contributed by atoms with Gasteiger partial charge in [0.25, 0.3) is 0 Å². The molecular formula is C40H59N7O5. The number of Topliss-reactive ketones (excluding diaryl/α,β-unsaturated/α-hetero) is 1. The highest BCUT2D eigenvalue weighted by Crippen LogP contribution is 2.43. The zero-order chi connectivity index (χ0) is 38.1. The standard InChI is InChI=1S/C22H33N3O.C13H15N3O3.C5H11NO/c1-5-7-22(8-6-2)9-10-25(15-22)21(26)17(4)12-18-11-16(3)20-19(13-18)14-23-24-20;1-9(17)16-7-4-13(5-8-16)10-3-2-6-14-11(10)15-12(18)19-13;1-4(6-3)5(2)7/h11,13-14,17H,5-10,12,15H2,1-4H3,(H,23,24);2-3,6H,4-5,7-8H2,1H3,(H,14,15,18);4,6H,1-3H3/t;;4-/m..1/s1. The first-order valence-corrected chi connectivity index (χ1v) is 18.9. The van der Waals surface area contributed by atoms with Gasteiger partial charge in [0.05, 0.1) is 17.8 Å². The first kappa shape index (κ1) is 40.5. The minimum atomic E-state index is -0.641. The number of nitrogens with one attached hydrogen (secondary N) is 3. The van der Waals surface area contributed by atoms with E-state index in [1.807, 2.05) is 25.3 Å². The van der Waals surface area contributed by atoms with E-state index in [4.69, 9.17) is 4.74 Å². The molecule has 1 aromatic carbocycles. The molecule has 3 aliphatic rings. The Hall–Kier alpha value is -4.32. The predicted octanol–water partition coefficient (Wildman–Crippen LogP) is 6.53. The van der Waals surface area contributed by atoms with Crippen molar-refractivity contribution in [3.05, 3.63) is 53.3 Å². The molecule has 12 heteroatoms. The van der Waals surface area contributed by atoms with Gasteiger partial charge in [0.1, 0.15) is 17.2 Å². The SMILES string of the molecule is CC(=O)N1CCC2(CC1)OC(=O)Nc1ncccc12.CCCC1(CCC)CCN(C(=O)C(C)Cc2cc(C)c3[nH]ncc3c2)C1.CN[C@H](C)C(C)=O.